The molecule has 3 aliphatic rings. The van der Waals surface area contributed by atoms with Gasteiger partial charge in [0.25, 0.3) is 0 Å². The molecule has 4 heteroatoms. The first-order valence-corrected chi connectivity index (χ1v) is 6.78. The fraction of sp³-hybridized carbons (Fsp3) is 0.667. The second-order valence-electron chi connectivity index (χ2n) is 6.15. The van der Waals surface area contributed by atoms with Crippen LogP contribution in [0.2, 0.25) is 0 Å². The van der Waals surface area contributed by atoms with Crippen molar-refractivity contribution in [2.75, 3.05) is 6.79 Å². The van der Waals surface area contributed by atoms with Gasteiger partial charge in [0.1, 0.15) is 11.4 Å². The molecular weight excluding hydrogens is 244 g/mol. The van der Waals surface area contributed by atoms with E-state index in [1.807, 2.05) is 0 Å². The van der Waals surface area contributed by atoms with E-state index in [-0.39, 0.29) is 30.2 Å². The lowest BCUT2D eigenvalue weighted by atomic mass is 9.76. The molecule has 3 atom stereocenters. The molecule has 3 rings (SSSR count). The smallest absolute Gasteiger partial charge is 0.189 e. The van der Waals surface area contributed by atoms with E-state index in [0.29, 0.717) is 18.6 Å². The molecule has 0 saturated carbocycles. The van der Waals surface area contributed by atoms with E-state index >= 15 is 0 Å². The Hall–Kier alpha value is -1.13. The van der Waals surface area contributed by atoms with Gasteiger partial charge in [-0.15, -0.1) is 6.58 Å². The summed E-state index contributed by atoms with van der Waals surface area (Å²) < 4.78 is 17.0. The summed E-state index contributed by atoms with van der Waals surface area (Å²) in [7, 11) is 0. The van der Waals surface area contributed by atoms with Crippen molar-refractivity contribution in [2.45, 2.75) is 50.4 Å². The molecule has 104 valence electrons. The minimum absolute atomic E-state index is 0.0511. The van der Waals surface area contributed by atoms with Crippen molar-refractivity contribution < 1.29 is 19.0 Å². The summed E-state index contributed by atoms with van der Waals surface area (Å²) in [4.78, 5) is 12.0. The van der Waals surface area contributed by atoms with Crippen molar-refractivity contribution in [1.82, 2.24) is 0 Å². The van der Waals surface area contributed by atoms with Gasteiger partial charge in [-0.1, -0.05) is 6.08 Å². The highest BCUT2D eigenvalue weighted by atomic mass is 16.7. The second kappa shape index (κ2) is 4.18. The normalized spacial score (nSPS) is 39.3. The van der Waals surface area contributed by atoms with Crippen LogP contribution in [0.15, 0.2) is 24.5 Å². The molecule has 0 radical (unpaired) electrons. The van der Waals surface area contributed by atoms with Crippen LogP contribution in [-0.4, -0.2) is 29.9 Å². The second-order valence-corrected chi connectivity index (χ2v) is 6.15. The van der Waals surface area contributed by atoms with Gasteiger partial charge in [-0.25, -0.2) is 0 Å². The molecule has 0 aromatic carbocycles. The van der Waals surface area contributed by atoms with E-state index in [9.17, 15) is 4.79 Å². The lowest BCUT2D eigenvalue weighted by molar-refractivity contribution is -0.122. The first-order chi connectivity index (χ1) is 8.97. The Morgan fingerprint density at radius 3 is 2.89 bits per heavy atom. The van der Waals surface area contributed by atoms with Gasteiger partial charge >= 0.3 is 0 Å². The highest BCUT2D eigenvalue weighted by Gasteiger charge is 2.57. The number of carbonyl (C=O) groups excluding carboxylic acids is 1. The van der Waals surface area contributed by atoms with Crippen LogP contribution in [0.25, 0.3) is 0 Å². The molecule has 0 N–H and O–H groups in total. The Morgan fingerprint density at radius 1 is 1.53 bits per heavy atom. The zero-order chi connectivity index (χ0) is 13.7. The number of epoxide rings is 1. The summed E-state index contributed by atoms with van der Waals surface area (Å²) in [5.74, 6) is 0.751. The third-order valence-electron chi connectivity index (χ3n) is 4.38. The number of rotatable bonds is 4. The van der Waals surface area contributed by atoms with Gasteiger partial charge in [-0.3, -0.25) is 4.79 Å². The summed E-state index contributed by atoms with van der Waals surface area (Å²) in [6.45, 7) is 8.10. The molecule has 0 unspecified atom stereocenters. The number of allylic oxidation sites excluding steroid dienone is 2. The molecule has 2 fully saturated rings. The van der Waals surface area contributed by atoms with Crippen LogP contribution in [-0.2, 0) is 19.0 Å². The van der Waals surface area contributed by atoms with Crippen LogP contribution in [0.1, 0.15) is 33.1 Å². The van der Waals surface area contributed by atoms with Crippen LogP contribution >= 0.6 is 0 Å². The number of hydrogen-bond donors (Lipinski definition) is 0. The SMILES string of the molecule is C=CC[C@@H]1C[C@]2(C[C@@H]3OC3(C)C)OCOC2=CC1=O. The molecule has 2 heterocycles. The van der Waals surface area contributed by atoms with E-state index in [0.717, 1.165) is 6.42 Å². The predicted molar refractivity (Wildman–Crippen MR) is 69.3 cm³/mol. The predicted octanol–water partition coefficient (Wildman–Crippen LogP) is 2.35. The summed E-state index contributed by atoms with van der Waals surface area (Å²) in [5.41, 5.74) is -0.554. The first-order valence-electron chi connectivity index (χ1n) is 6.78. The largest absolute Gasteiger partial charge is 0.469 e. The van der Waals surface area contributed by atoms with Gasteiger partial charge in [-0.05, 0) is 26.7 Å². The van der Waals surface area contributed by atoms with Gasteiger partial charge in [0.2, 0.25) is 0 Å². The van der Waals surface area contributed by atoms with Crippen LogP contribution in [0, 0.1) is 5.92 Å². The maximum atomic E-state index is 12.0. The van der Waals surface area contributed by atoms with Crippen molar-refractivity contribution in [3.63, 3.8) is 0 Å². The zero-order valence-electron chi connectivity index (χ0n) is 11.5. The van der Waals surface area contributed by atoms with E-state index in [1.165, 1.54) is 0 Å². The first kappa shape index (κ1) is 12.9. The standard InChI is InChI=1S/C15H20O4/c1-4-5-10-7-15(8-13-14(2,3)19-13)12(6-11(10)16)17-9-18-15/h4,6,10,13H,1,5,7-9H2,2-3H3/t10-,13+,15-/m1/s1. The third-order valence-corrected chi connectivity index (χ3v) is 4.38. The zero-order valence-corrected chi connectivity index (χ0v) is 11.5. The highest BCUT2D eigenvalue weighted by Crippen LogP contribution is 2.49. The number of hydrogen-bond acceptors (Lipinski definition) is 4. The van der Waals surface area contributed by atoms with Gasteiger partial charge in [0, 0.05) is 18.4 Å². The number of ether oxygens (including phenoxy) is 3. The summed E-state index contributed by atoms with van der Waals surface area (Å²) in [6, 6.07) is 0. The van der Waals surface area contributed by atoms with Crippen molar-refractivity contribution in [1.29, 1.82) is 0 Å². The fourth-order valence-corrected chi connectivity index (χ4v) is 3.05. The Kier molecular flexibility index (Phi) is 2.84. The Labute approximate surface area is 113 Å². The van der Waals surface area contributed by atoms with Gasteiger partial charge in [0.15, 0.2) is 12.6 Å². The van der Waals surface area contributed by atoms with Crippen LogP contribution < -0.4 is 0 Å². The molecule has 1 aliphatic carbocycles. The maximum Gasteiger partial charge on any atom is 0.189 e. The monoisotopic (exact) mass is 264 g/mol. The van der Waals surface area contributed by atoms with Crippen molar-refractivity contribution in [2.24, 2.45) is 5.92 Å². The van der Waals surface area contributed by atoms with Gasteiger partial charge < -0.3 is 14.2 Å². The molecule has 0 aromatic heterocycles. The van der Waals surface area contributed by atoms with Crippen molar-refractivity contribution in [3.05, 3.63) is 24.5 Å². The quantitative estimate of drug-likeness (QED) is 0.577. The van der Waals surface area contributed by atoms with Crippen LogP contribution in [0.4, 0.5) is 0 Å². The lowest BCUT2D eigenvalue weighted by Crippen LogP contribution is -2.40. The highest BCUT2D eigenvalue weighted by molar-refractivity contribution is 5.93. The third kappa shape index (κ3) is 2.13. The molecule has 2 saturated heterocycles. The number of fused-ring (bicyclic) bond motifs is 1. The average Bonchev–Trinajstić information content (AvgIpc) is 2.74. The summed E-state index contributed by atoms with van der Waals surface area (Å²) in [6.07, 6.45) is 5.69. The molecule has 0 aromatic rings. The molecule has 19 heavy (non-hydrogen) atoms. The lowest BCUT2D eigenvalue weighted by Gasteiger charge is -2.33. The molecule has 0 bridgehead atoms. The Bertz CT molecular complexity index is 451. The van der Waals surface area contributed by atoms with E-state index < -0.39 is 5.60 Å². The number of ketones is 1. The molecule has 2 aliphatic heterocycles. The molecular formula is C15H20O4. The fourth-order valence-electron chi connectivity index (χ4n) is 3.05. The molecule has 0 amide bonds. The topological polar surface area (TPSA) is 48.1 Å². The average molecular weight is 264 g/mol. The molecule has 4 nitrogen and oxygen atoms in total. The van der Waals surface area contributed by atoms with Crippen molar-refractivity contribution in [3.8, 4) is 0 Å². The molecule has 0 spiro atoms. The minimum Gasteiger partial charge on any atom is -0.469 e. The van der Waals surface area contributed by atoms with Crippen LogP contribution in [0.5, 0.6) is 0 Å². The van der Waals surface area contributed by atoms with Crippen molar-refractivity contribution >= 4 is 5.78 Å². The minimum atomic E-state index is -0.472. The van der Waals surface area contributed by atoms with E-state index in [1.54, 1.807) is 12.2 Å². The van der Waals surface area contributed by atoms with E-state index in [4.69, 9.17) is 14.2 Å². The number of carbonyl (C=O) groups is 1. The Balaban J connectivity index is 1.83. The summed E-state index contributed by atoms with van der Waals surface area (Å²) >= 11 is 0. The summed E-state index contributed by atoms with van der Waals surface area (Å²) in [5, 5.41) is 0. The van der Waals surface area contributed by atoms with Gasteiger partial charge in [0.05, 0.1) is 11.7 Å². The Morgan fingerprint density at radius 2 is 2.26 bits per heavy atom. The van der Waals surface area contributed by atoms with Gasteiger partial charge in [-0.2, -0.15) is 0 Å². The maximum absolute atomic E-state index is 12.0. The van der Waals surface area contributed by atoms with Crippen LogP contribution in [0.3, 0.4) is 0 Å². The van der Waals surface area contributed by atoms with E-state index in [2.05, 4.69) is 20.4 Å².